The average Bonchev–Trinajstić information content (AvgIpc) is 3.06. The largest absolute Gasteiger partial charge is 0.375 e. The van der Waals surface area contributed by atoms with Gasteiger partial charge >= 0.3 is 0 Å². The summed E-state index contributed by atoms with van der Waals surface area (Å²) in [7, 11) is 2.07. The molecule has 0 bridgehead atoms. The van der Waals surface area contributed by atoms with Crippen molar-refractivity contribution in [2.45, 2.75) is 25.6 Å². The van der Waals surface area contributed by atoms with E-state index in [9.17, 15) is 0 Å². The second kappa shape index (κ2) is 7.81. The van der Waals surface area contributed by atoms with E-state index in [1.165, 1.54) is 22.5 Å². The molecule has 3 heterocycles. The molecule has 0 N–H and O–H groups in total. The number of rotatable bonds is 6. The molecule has 0 unspecified atom stereocenters. The highest BCUT2D eigenvalue weighted by molar-refractivity contribution is 5.22. The van der Waals surface area contributed by atoms with Crippen molar-refractivity contribution in [3.05, 3.63) is 83.7 Å². The molecular weight excluding hydrogens is 324 g/mol. The highest BCUT2D eigenvalue weighted by atomic mass is 16.5. The van der Waals surface area contributed by atoms with Crippen molar-refractivity contribution in [3.8, 4) is 0 Å². The SMILES string of the molecule is Cn1cnc2c1[C@H](COCc1ccccc1)N(Cc1cccnc1)CC2. The van der Waals surface area contributed by atoms with Crippen molar-refractivity contribution >= 4 is 0 Å². The first-order chi connectivity index (χ1) is 12.8. The van der Waals surface area contributed by atoms with Crippen molar-refractivity contribution in [1.82, 2.24) is 19.4 Å². The van der Waals surface area contributed by atoms with Crippen LogP contribution in [0.5, 0.6) is 0 Å². The highest BCUT2D eigenvalue weighted by Crippen LogP contribution is 2.30. The highest BCUT2D eigenvalue weighted by Gasteiger charge is 2.31. The number of imidazole rings is 1. The second-order valence-electron chi connectivity index (χ2n) is 6.79. The van der Waals surface area contributed by atoms with Crippen LogP contribution in [0.3, 0.4) is 0 Å². The Balaban J connectivity index is 1.50. The summed E-state index contributed by atoms with van der Waals surface area (Å²) < 4.78 is 8.25. The second-order valence-corrected chi connectivity index (χ2v) is 6.79. The quantitative estimate of drug-likeness (QED) is 0.686. The van der Waals surface area contributed by atoms with Crippen molar-refractivity contribution in [2.24, 2.45) is 7.05 Å². The van der Waals surface area contributed by atoms with E-state index in [4.69, 9.17) is 4.74 Å². The van der Waals surface area contributed by atoms with E-state index in [0.717, 1.165) is 19.5 Å². The first-order valence-corrected chi connectivity index (χ1v) is 9.06. The van der Waals surface area contributed by atoms with E-state index < -0.39 is 0 Å². The number of nitrogens with zero attached hydrogens (tertiary/aromatic N) is 4. The van der Waals surface area contributed by atoms with Crippen LogP contribution in [0.15, 0.2) is 61.2 Å². The van der Waals surface area contributed by atoms with Crippen molar-refractivity contribution in [3.63, 3.8) is 0 Å². The van der Waals surface area contributed by atoms with Crippen LogP contribution in [0, 0.1) is 0 Å². The van der Waals surface area contributed by atoms with Gasteiger partial charge in [0.2, 0.25) is 0 Å². The normalized spacial score (nSPS) is 17.2. The Morgan fingerprint density at radius 2 is 1.96 bits per heavy atom. The number of benzene rings is 1. The predicted molar refractivity (Wildman–Crippen MR) is 100 cm³/mol. The Morgan fingerprint density at radius 3 is 2.77 bits per heavy atom. The van der Waals surface area contributed by atoms with Gasteiger partial charge in [-0.25, -0.2) is 4.98 Å². The van der Waals surface area contributed by atoms with E-state index in [0.29, 0.717) is 13.2 Å². The van der Waals surface area contributed by atoms with Gasteiger partial charge in [0.25, 0.3) is 0 Å². The van der Waals surface area contributed by atoms with Crippen LogP contribution in [0.1, 0.15) is 28.6 Å². The molecule has 0 aliphatic carbocycles. The molecule has 3 aromatic rings. The Hall–Kier alpha value is -2.50. The number of ether oxygens (including phenoxy) is 1. The van der Waals surface area contributed by atoms with Gasteiger partial charge in [-0.15, -0.1) is 0 Å². The number of aromatic nitrogens is 3. The van der Waals surface area contributed by atoms with E-state index >= 15 is 0 Å². The van der Waals surface area contributed by atoms with Gasteiger partial charge in [-0.1, -0.05) is 36.4 Å². The van der Waals surface area contributed by atoms with Gasteiger partial charge < -0.3 is 9.30 Å². The minimum atomic E-state index is 0.204. The Labute approximate surface area is 154 Å². The minimum Gasteiger partial charge on any atom is -0.375 e. The monoisotopic (exact) mass is 348 g/mol. The fourth-order valence-corrected chi connectivity index (χ4v) is 3.65. The standard InChI is InChI=1S/C21H24N4O/c1-24-16-23-19-9-11-25(13-18-8-5-10-22-12-18)20(21(19)24)15-26-14-17-6-3-2-4-7-17/h2-8,10,12,16,20H,9,11,13-15H2,1H3/t20-/m0/s1. The van der Waals surface area contributed by atoms with E-state index in [1.807, 2.05) is 43.0 Å². The third-order valence-corrected chi connectivity index (χ3v) is 4.95. The topological polar surface area (TPSA) is 43.2 Å². The summed E-state index contributed by atoms with van der Waals surface area (Å²) >= 11 is 0. The summed E-state index contributed by atoms with van der Waals surface area (Å²) in [4.78, 5) is 11.3. The summed E-state index contributed by atoms with van der Waals surface area (Å²) in [6.45, 7) is 3.14. The van der Waals surface area contributed by atoms with Crippen molar-refractivity contribution in [2.75, 3.05) is 13.2 Å². The molecule has 1 aliphatic rings. The first-order valence-electron chi connectivity index (χ1n) is 9.06. The lowest BCUT2D eigenvalue weighted by atomic mass is 10.0. The summed E-state index contributed by atoms with van der Waals surface area (Å²) in [5.41, 5.74) is 4.90. The minimum absolute atomic E-state index is 0.204. The first kappa shape index (κ1) is 16.9. The smallest absolute Gasteiger partial charge is 0.0949 e. The molecule has 1 aromatic carbocycles. The Bertz CT molecular complexity index is 832. The number of hydrogen-bond acceptors (Lipinski definition) is 4. The fourth-order valence-electron chi connectivity index (χ4n) is 3.65. The molecule has 1 atom stereocenters. The molecule has 0 saturated heterocycles. The molecule has 4 rings (SSSR count). The number of pyridine rings is 1. The third kappa shape index (κ3) is 3.69. The fraction of sp³-hybridized carbons (Fsp3) is 0.333. The number of fused-ring (bicyclic) bond motifs is 1. The van der Waals surface area contributed by atoms with Gasteiger partial charge in [-0.3, -0.25) is 9.88 Å². The van der Waals surface area contributed by atoms with E-state index in [-0.39, 0.29) is 6.04 Å². The van der Waals surface area contributed by atoms with Crippen LogP contribution < -0.4 is 0 Å². The molecule has 0 saturated carbocycles. The Kier molecular flexibility index (Phi) is 5.09. The average molecular weight is 348 g/mol. The molecule has 0 radical (unpaired) electrons. The molecule has 5 nitrogen and oxygen atoms in total. The molecule has 0 fully saturated rings. The Morgan fingerprint density at radius 1 is 1.12 bits per heavy atom. The number of aryl methyl sites for hydroxylation is 1. The van der Waals surface area contributed by atoms with Gasteiger partial charge in [0.1, 0.15) is 0 Å². The van der Waals surface area contributed by atoms with Crippen LogP contribution in [0.25, 0.3) is 0 Å². The maximum absolute atomic E-state index is 6.11. The predicted octanol–water partition coefficient (Wildman–Crippen LogP) is 3.13. The van der Waals surface area contributed by atoms with Crippen molar-refractivity contribution in [1.29, 1.82) is 0 Å². The van der Waals surface area contributed by atoms with Crippen LogP contribution in [0.2, 0.25) is 0 Å². The lowest BCUT2D eigenvalue weighted by Gasteiger charge is -2.35. The lowest BCUT2D eigenvalue weighted by Crippen LogP contribution is -2.38. The molecule has 26 heavy (non-hydrogen) atoms. The summed E-state index contributed by atoms with van der Waals surface area (Å²) in [5, 5.41) is 0. The van der Waals surface area contributed by atoms with Crippen molar-refractivity contribution < 1.29 is 4.74 Å². The zero-order valence-corrected chi connectivity index (χ0v) is 15.1. The third-order valence-electron chi connectivity index (χ3n) is 4.95. The maximum atomic E-state index is 6.11. The molecule has 1 aliphatic heterocycles. The van der Waals surface area contributed by atoms with Crippen LogP contribution in [-0.2, 0) is 31.4 Å². The molecule has 0 amide bonds. The van der Waals surface area contributed by atoms with Gasteiger partial charge in [-0.05, 0) is 17.2 Å². The number of hydrogen-bond donors (Lipinski definition) is 0. The molecule has 134 valence electrons. The summed E-state index contributed by atoms with van der Waals surface area (Å²) in [6.07, 6.45) is 6.66. The molecule has 5 heteroatoms. The molecular formula is C21H24N4O. The summed E-state index contributed by atoms with van der Waals surface area (Å²) in [5.74, 6) is 0. The molecule has 2 aromatic heterocycles. The van der Waals surface area contributed by atoms with E-state index in [1.54, 1.807) is 0 Å². The van der Waals surface area contributed by atoms with Gasteiger partial charge in [0, 0.05) is 39.0 Å². The zero-order valence-electron chi connectivity index (χ0n) is 15.1. The van der Waals surface area contributed by atoms with Gasteiger partial charge in [0.05, 0.1) is 37.0 Å². The van der Waals surface area contributed by atoms with Gasteiger partial charge in [0.15, 0.2) is 0 Å². The maximum Gasteiger partial charge on any atom is 0.0949 e. The van der Waals surface area contributed by atoms with Gasteiger partial charge in [-0.2, -0.15) is 0 Å². The zero-order chi connectivity index (χ0) is 17.8. The van der Waals surface area contributed by atoms with Crippen LogP contribution >= 0.6 is 0 Å². The van der Waals surface area contributed by atoms with Crippen LogP contribution in [-0.4, -0.2) is 32.6 Å². The molecule has 0 spiro atoms. The summed E-state index contributed by atoms with van der Waals surface area (Å²) in [6, 6.07) is 14.7. The van der Waals surface area contributed by atoms with Crippen LogP contribution in [0.4, 0.5) is 0 Å². The van der Waals surface area contributed by atoms with E-state index in [2.05, 4.69) is 44.7 Å². The lowest BCUT2D eigenvalue weighted by molar-refractivity contribution is 0.0377.